The molecular weight excluding hydrogens is 372 g/mol. The predicted molar refractivity (Wildman–Crippen MR) is 106 cm³/mol. The van der Waals surface area contributed by atoms with Crippen LogP contribution in [-0.4, -0.2) is 25.9 Å². The van der Waals surface area contributed by atoms with E-state index >= 15 is 0 Å². The van der Waals surface area contributed by atoms with E-state index in [-0.39, 0.29) is 0 Å². The molecule has 4 aromatic rings. The van der Waals surface area contributed by atoms with E-state index in [1.165, 1.54) is 11.3 Å². The van der Waals surface area contributed by atoms with Crippen LogP contribution in [0, 0.1) is 6.92 Å². The Bertz CT molecular complexity index is 1030. The van der Waals surface area contributed by atoms with Crippen LogP contribution in [0.4, 0.5) is 0 Å². The smallest absolute Gasteiger partial charge is 0.351 e. The molecule has 1 aromatic carbocycles. The molecule has 28 heavy (non-hydrogen) atoms. The summed E-state index contributed by atoms with van der Waals surface area (Å²) in [5, 5.41) is 0.588. The van der Waals surface area contributed by atoms with Crippen molar-refractivity contribution >= 4 is 17.3 Å². The van der Waals surface area contributed by atoms with Gasteiger partial charge in [0.2, 0.25) is 0 Å². The van der Waals surface area contributed by atoms with Gasteiger partial charge in [0, 0.05) is 30.4 Å². The zero-order chi connectivity index (χ0) is 19.3. The number of thiazole rings is 1. The maximum Gasteiger partial charge on any atom is 0.351 e. The number of aromatic nitrogens is 4. The van der Waals surface area contributed by atoms with E-state index in [4.69, 9.17) is 4.74 Å². The molecule has 0 spiro atoms. The fourth-order valence-corrected chi connectivity index (χ4v) is 3.64. The second-order valence-electron chi connectivity index (χ2n) is 5.98. The second-order valence-corrected chi connectivity index (χ2v) is 6.98. The van der Waals surface area contributed by atoms with Crippen molar-refractivity contribution < 1.29 is 9.53 Å². The quantitative estimate of drug-likeness (QED) is 0.476. The largest absolute Gasteiger partial charge is 0.448 e. The molecular formula is C21H16N4O2S. The molecule has 1 atom stereocenters. The highest BCUT2D eigenvalue weighted by molar-refractivity contribution is 7.16. The Balaban J connectivity index is 1.65. The van der Waals surface area contributed by atoms with E-state index in [0.29, 0.717) is 21.4 Å². The lowest BCUT2D eigenvalue weighted by Crippen LogP contribution is -2.13. The first-order valence-corrected chi connectivity index (χ1v) is 9.44. The van der Waals surface area contributed by atoms with Gasteiger partial charge >= 0.3 is 5.97 Å². The van der Waals surface area contributed by atoms with Crippen LogP contribution in [0.1, 0.15) is 32.6 Å². The Morgan fingerprint density at radius 1 is 0.929 bits per heavy atom. The summed E-state index contributed by atoms with van der Waals surface area (Å²) >= 11 is 1.23. The SMILES string of the molecule is Cc1nc(-c2ncccn2)sc1C(=O)O[C@@H](c1ccccc1)c1ccncc1. The number of benzene rings is 1. The molecule has 0 aliphatic carbocycles. The zero-order valence-electron chi connectivity index (χ0n) is 15.0. The van der Waals surface area contributed by atoms with Crippen LogP contribution in [0.25, 0.3) is 10.8 Å². The molecule has 0 N–H and O–H groups in total. The molecule has 0 saturated heterocycles. The highest BCUT2D eigenvalue weighted by Crippen LogP contribution is 2.30. The maximum atomic E-state index is 13.0. The van der Waals surface area contributed by atoms with Gasteiger partial charge in [0.05, 0.1) is 5.69 Å². The van der Waals surface area contributed by atoms with Crippen LogP contribution < -0.4 is 0 Å². The van der Waals surface area contributed by atoms with Crippen molar-refractivity contribution in [2.75, 3.05) is 0 Å². The number of pyridine rings is 1. The fourth-order valence-electron chi connectivity index (χ4n) is 2.75. The number of rotatable bonds is 5. The summed E-state index contributed by atoms with van der Waals surface area (Å²) in [7, 11) is 0. The van der Waals surface area contributed by atoms with E-state index in [0.717, 1.165) is 11.1 Å². The summed E-state index contributed by atoms with van der Waals surface area (Å²) in [6, 6.07) is 15.0. The number of ether oxygens (including phenoxy) is 1. The lowest BCUT2D eigenvalue weighted by atomic mass is 10.0. The normalized spacial score (nSPS) is 11.8. The number of esters is 1. The minimum Gasteiger partial charge on any atom is -0.448 e. The van der Waals surface area contributed by atoms with Gasteiger partial charge in [-0.05, 0) is 30.7 Å². The lowest BCUT2D eigenvalue weighted by molar-refractivity contribution is 0.0382. The van der Waals surface area contributed by atoms with E-state index in [2.05, 4.69) is 19.9 Å². The van der Waals surface area contributed by atoms with Gasteiger partial charge < -0.3 is 4.74 Å². The Hall–Kier alpha value is -3.45. The van der Waals surface area contributed by atoms with Crippen LogP contribution in [-0.2, 0) is 4.74 Å². The molecule has 0 saturated carbocycles. The van der Waals surface area contributed by atoms with Crippen molar-refractivity contribution in [3.8, 4) is 10.8 Å². The average Bonchev–Trinajstić information content (AvgIpc) is 3.15. The van der Waals surface area contributed by atoms with Crippen LogP contribution >= 0.6 is 11.3 Å². The number of hydrogen-bond donors (Lipinski definition) is 0. The number of carbonyl (C=O) groups is 1. The molecule has 7 heteroatoms. The predicted octanol–water partition coefficient (Wildman–Crippen LogP) is 4.25. The maximum absolute atomic E-state index is 13.0. The van der Waals surface area contributed by atoms with Crippen molar-refractivity contribution in [2.24, 2.45) is 0 Å². The summed E-state index contributed by atoms with van der Waals surface area (Å²) in [5.41, 5.74) is 2.33. The molecule has 0 amide bonds. The molecule has 0 unspecified atom stereocenters. The van der Waals surface area contributed by atoms with Gasteiger partial charge in [-0.15, -0.1) is 11.3 Å². The summed E-state index contributed by atoms with van der Waals surface area (Å²) < 4.78 is 5.90. The van der Waals surface area contributed by atoms with E-state index < -0.39 is 12.1 Å². The van der Waals surface area contributed by atoms with Gasteiger partial charge in [0.1, 0.15) is 4.88 Å². The number of aryl methyl sites for hydroxylation is 1. The van der Waals surface area contributed by atoms with Crippen LogP contribution in [0.3, 0.4) is 0 Å². The third-order valence-corrected chi connectivity index (χ3v) is 5.21. The topological polar surface area (TPSA) is 77.9 Å². The molecule has 0 bridgehead atoms. The van der Waals surface area contributed by atoms with Gasteiger partial charge in [-0.3, -0.25) is 4.98 Å². The van der Waals surface area contributed by atoms with Crippen molar-refractivity contribution in [3.05, 3.63) is 95.0 Å². The molecule has 0 aliphatic rings. The molecule has 3 aromatic heterocycles. The van der Waals surface area contributed by atoms with Gasteiger partial charge in [-0.2, -0.15) is 0 Å². The third kappa shape index (κ3) is 3.79. The number of nitrogens with zero attached hydrogens (tertiary/aromatic N) is 4. The van der Waals surface area contributed by atoms with Gasteiger partial charge in [0.15, 0.2) is 16.9 Å². The molecule has 138 valence electrons. The Labute approximate surface area is 165 Å². The van der Waals surface area contributed by atoms with Crippen LogP contribution in [0.2, 0.25) is 0 Å². The number of hydrogen-bond acceptors (Lipinski definition) is 7. The molecule has 0 fully saturated rings. The first-order valence-electron chi connectivity index (χ1n) is 8.63. The summed E-state index contributed by atoms with van der Waals surface area (Å²) in [6.07, 6.45) is 6.12. The first kappa shape index (κ1) is 17.9. The van der Waals surface area contributed by atoms with Crippen molar-refractivity contribution in [1.29, 1.82) is 0 Å². The molecule has 4 rings (SSSR count). The summed E-state index contributed by atoms with van der Waals surface area (Å²) in [5.74, 6) is 0.0613. The highest BCUT2D eigenvalue weighted by Gasteiger charge is 2.24. The van der Waals surface area contributed by atoms with Crippen LogP contribution in [0.5, 0.6) is 0 Å². The monoisotopic (exact) mass is 388 g/mol. The highest BCUT2D eigenvalue weighted by atomic mass is 32.1. The van der Waals surface area contributed by atoms with Gasteiger partial charge in [-0.25, -0.2) is 19.7 Å². The molecule has 6 nitrogen and oxygen atoms in total. The minimum absolute atomic E-state index is 0.428. The molecule has 3 heterocycles. The summed E-state index contributed by atoms with van der Waals surface area (Å²) in [6.45, 7) is 1.78. The Morgan fingerprint density at radius 3 is 2.32 bits per heavy atom. The minimum atomic E-state index is -0.533. The Morgan fingerprint density at radius 2 is 1.61 bits per heavy atom. The molecule has 0 radical (unpaired) electrons. The number of carbonyl (C=O) groups excluding carboxylic acids is 1. The average molecular weight is 388 g/mol. The van der Waals surface area contributed by atoms with E-state index in [1.54, 1.807) is 37.8 Å². The standard InChI is InChI=1S/C21H16N4O2S/c1-14-18(28-20(25-14)19-23-10-5-11-24-19)21(26)27-17(15-6-3-2-4-7-15)16-8-12-22-13-9-16/h2-13,17H,1H3/t17-/m0/s1. The fraction of sp³-hybridized carbons (Fsp3) is 0.0952. The van der Waals surface area contributed by atoms with Gasteiger partial charge in [-0.1, -0.05) is 30.3 Å². The van der Waals surface area contributed by atoms with Crippen molar-refractivity contribution in [3.63, 3.8) is 0 Å². The van der Waals surface area contributed by atoms with Gasteiger partial charge in [0.25, 0.3) is 0 Å². The molecule has 0 aliphatic heterocycles. The third-order valence-electron chi connectivity index (χ3n) is 4.08. The van der Waals surface area contributed by atoms with Crippen LogP contribution in [0.15, 0.2) is 73.3 Å². The summed E-state index contributed by atoms with van der Waals surface area (Å²) in [4.78, 5) is 30.3. The van der Waals surface area contributed by atoms with E-state index in [1.807, 2.05) is 42.5 Å². The van der Waals surface area contributed by atoms with Crippen molar-refractivity contribution in [1.82, 2.24) is 19.9 Å². The van der Waals surface area contributed by atoms with E-state index in [9.17, 15) is 4.79 Å². The Kier molecular flexibility index (Phi) is 5.16. The lowest BCUT2D eigenvalue weighted by Gasteiger charge is -2.18. The zero-order valence-corrected chi connectivity index (χ0v) is 15.8. The van der Waals surface area contributed by atoms with Crippen molar-refractivity contribution in [2.45, 2.75) is 13.0 Å². The second kappa shape index (κ2) is 8.06. The first-order chi connectivity index (χ1) is 13.7.